The van der Waals surface area contributed by atoms with E-state index in [-0.39, 0.29) is 37.3 Å². The van der Waals surface area contributed by atoms with Gasteiger partial charge in [0.05, 0.1) is 12.1 Å². The molecule has 0 radical (unpaired) electrons. The molecule has 2 amide bonds. The molecule has 2 aromatic rings. The number of carbonyl (C=O) groups excluding carboxylic acids is 3. The number of para-hydroxylation sites is 1. The van der Waals surface area contributed by atoms with Gasteiger partial charge in [-0.1, -0.05) is 24.3 Å². The van der Waals surface area contributed by atoms with Crippen LogP contribution in [0.5, 0.6) is 5.75 Å². The molecule has 0 aliphatic rings. The van der Waals surface area contributed by atoms with E-state index >= 15 is 0 Å². The first kappa shape index (κ1) is 20.1. The number of carbonyl (C=O) groups is 3. The van der Waals surface area contributed by atoms with Crippen LogP contribution in [0.15, 0.2) is 48.5 Å². The maximum Gasteiger partial charge on any atom is 0.260 e. The van der Waals surface area contributed by atoms with Crippen molar-refractivity contribution in [3.8, 4) is 5.75 Å². The second kappa shape index (κ2) is 10.1. The van der Waals surface area contributed by atoms with Gasteiger partial charge in [-0.15, -0.1) is 0 Å². The standard InChI is InChI=1S/C20H21FN2O4/c1-2-23(12-19(25)22-11-15-7-9-17(21)10-8-15)20(26)14-27-18-6-4-3-5-16(18)13-24/h3-10,13H,2,11-12,14H2,1H3,(H,22,25). The van der Waals surface area contributed by atoms with E-state index in [0.29, 0.717) is 24.1 Å². The Morgan fingerprint density at radius 3 is 2.52 bits per heavy atom. The smallest absolute Gasteiger partial charge is 0.260 e. The number of aldehydes is 1. The highest BCUT2D eigenvalue weighted by molar-refractivity contribution is 5.85. The van der Waals surface area contributed by atoms with Crippen LogP contribution in [-0.4, -0.2) is 42.7 Å². The van der Waals surface area contributed by atoms with Crippen LogP contribution < -0.4 is 10.1 Å². The lowest BCUT2D eigenvalue weighted by Crippen LogP contribution is -2.42. The van der Waals surface area contributed by atoms with Crippen LogP contribution in [0, 0.1) is 5.82 Å². The normalized spacial score (nSPS) is 10.1. The first-order valence-electron chi connectivity index (χ1n) is 8.49. The van der Waals surface area contributed by atoms with E-state index in [1.54, 1.807) is 43.3 Å². The summed E-state index contributed by atoms with van der Waals surface area (Å²) in [6, 6.07) is 12.4. The van der Waals surface area contributed by atoms with Gasteiger partial charge in [0.15, 0.2) is 12.9 Å². The van der Waals surface area contributed by atoms with E-state index in [0.717, 1.165) is 5.56 Å². The molecule has 2 rings (SSSR count). The molecule has 27 heavy (non-hydrogen) atoms. The van der Waals surface area contributed by atoms with Gasteiger partial charge >= 0.3 is 0 Å². The molecule has 0 bridgehead atoms. The summed E-state index contributed by atoms with van der Waals surface area (Å²) in [5, 5.41) is 2.69. The summed E-state index contributed by atoms with van der Waals surface area (Å²) in [5.74, 6) is -0.723. The third kappa shape index (κ3) is 6.22. The van der Waals surface area contributed by atoms with Crippen molar-refractivity contribution in [3.63, 3.8) is 0 Å². The Morgan fingerprint density at radius 1 is 1.15 bits per heavy atom. The summed E-state index contributed by atoms with van der Waals surface area (Å²) in [6.45, 7) is 1.94. The molecular weight excluding hydrogens is 351 g/mol. The zero-order valence-electron chi connectivity index (χ0n) is 15.0. The summed E-state index contributed by atoms with van der Waals surface area (Å²) in [4.78, 5) is 36.7. The average Bonchev–Trinajstić information content (AvgIpc) is 2.70. The van der Waals surface area contributed by atoms with Crippen molar-refractivity contribution in [2.45, 2.75) is 13.5 Å². The molecule has 6 nitrogen and oxygen atoms in total. The predicted octanol–water partition coefficient (Wildman–Crippen LogP) is 2.18. The minimum atomic E-state index is -0.366. The summed E-state index contributed by atoms with van der Waals surface area (Å²) in [6.07, 6.45) is 0.653. The highest BCUT2D eigenvalue weighted by atomic mass is 19.1. The van der Waals surface area contributed by atoms with Gasteiger partial charge < -0.3 is 15.0 Å². The Morgan fingerprint density at radius 2 is 1.85 bits per heavy atom. The van der Waals surface area contributed by atoms with Gasteiger partial charge in [0.2, 0.25) is 5.91 Å². The number of hydrogen-bond donors (Lipinski definition) is 1. The van der Waals surface area contributed by atoms with Gasteiger partial charge in [-0.25, -0.2) is 4.39 Å². The van der Waals surface area contributed by atoms with Crippen molar-refractivity contribution in [2.75, 3.05) is 19.7 Å². The quantitative estimate of drug-likeness (QED) is 0.685. The molecule has 0 atom stereocenters. The minimum absolute atomic E-state index is 0.116. The van der Waals surface area contributed by atoms with Gasteiger partial charge in [-0.05, 0) is 36.8 Å². The number of amides is 2. The van der Waals surface area contributed by atoms with E-state index in [1.165, 1.54) is 17.0 Å². The first-order chi connectivity index (χ1) is 13.0. The summed E-state index contributed by atoms with van der Waals surface area (Å²) < 4.78 is 18.3. The van der Waals surface area contributed by atoms with Gasteiger partial charge in [-0.3, -0.25) is 14.4 Å². The number of likely N-dealkylation sites (N-methyl/N-ethyl adjacent to an activating group) is 1. The zero-order chi connectivity index (χ0) is 19.6. The Hall–Kier alpha value is -3.22. The SMILES string of the molecule is CCN(CC(=O)NCc1ccc(F)cc1)C(=O)COc1ccccc1C=O. The molecule has 142 valence electrons. The maximum atomic E-state index is 12.9. The molecular formula is C20H21FN2O4. The van der Waals surface area contributed by atoms with Crippen LogP contribution in [0.25, 0.3) is 0 Å². The maximum absolute atomic E-state index is 12.9. The lowest BCUT2D eigenvalue weighted by molar-refractivity contribution is -0.137. The van der Waals surface area contributed by atoms with Crippen LogP contribution in [-0.2, 0) is 16.1 Å². The fourth-order valence-electron chi connectivity index (χ4n) is 2.35. The van der Waals surface area contributed by atoms with Crippen molar-refractivity contribution in [3.05, 3.63) is 65.5 Å². The van der Waals surface area contributed by atoms with E-state index < -0.39 is 0 Å². The number of ether oxygens (including phenoxy) is 1. The van der Waals surface area contributed by atoms with Gasteiger partial charge in [0, 0.05) is 13.1 Å². The Bertz CT molecular complexity index is 793. The molecule has 0 heterocycles. The topological polar surface area (TPSA) is 75.7 Å². The molecule has 0 aromatic heterocycles. The number of benzene rings is 2. The molecule has 0 saturated carbocycles. The summed E-state index contributed by atoms with van der Waals surface area (Å²) in [7, 11) is 0. The number of nitrogens with one attached hydrogen (secondary N) is 1. The van der Waals surface area contributed by atoms with E-state index in [4.69, 9.17) is 4.74 Å². The highest BCUT2D eigenvalue weighted by Crippen LogP contribution is 2.15. The number of nitrogens with zero attached hydrogens (tertiary/aromatic N) is 1. The van der Waals surface area contributed by atoms with E-state index in [9.17, 15) is 18.8 Å². The van der Waals surface area contributed by atoms with Crippen molar-refractivity contribution in [1.29, 1.82) is 0 Å². The third-order valence-corrected chi connectivity index (χ3v) is 3.87. The highest BCUT2D eigenvalue weighted by Gasteiger charge is 2.16. The summed E-state index contributed by atoms with van der Waals surface area (Å²) >= 11 is 0. The van der Waals surface area contributed by atoms with Crippen molar-refractivity contribution >= 4 is 18.1 Å². The van der Waals surface area contributed by atoms with Crippen molar-refractivity contribution in [1.82, 2.24) is 10.2 Å². The van der Waals surface area contributed by atoms with Crippen LogP contribution in [0.2, 0.25) is 0 Å². The lowest BCUT2D eigenvalue weighted by Gasteiger charge is -2.20. The number of hydrogen-bond acceptors (Lipinski definition) is 4. The molecule has 1 N–H and O–H groups in total. The summed E-state index contributed by atoms with van der Waals surface area (Å²) in [5.41, 5.74) is 1.11. The molecule has 7 heteroatoms. The molecule has 0 unspecified atom stereocenters. The monoisotopic (exact) mass is 372 g/mol. The Kier molecular flexibility index (Phi) is 7.49. The Balaban J connectivity index is 1.83. The molecule has 2 aromatic carbocycles. The van der Waals surface area contributed by atoms with Gasteiger partial charge in [0.1, 0.15) is 11.6 Å². The molecule has 0 aliphatic heterocycles. The van der Waals surface area contributed by atoms with E-state index in [2.05, 4.69) is 5.32 Å². The second-order valence-corrected chi connectivity index (χ2v) is 5.76. The predicted molar refractivity (Wildman–Crippen MR) is 97.8 cm³/mol. The van der Waals surface area contributed by atoms with Crippen LogP contribution in [0.3, 0.4) is 0 Å². The van der Waals surface area contributed by atoms with E-state index in [1.807, 2.05) is 0 Å². The average molecular weight is 372 g/mol. The van der Waals surface area contributed by atoms with Crippen LogP contribution >= 0.6 is 0 Å². The first-order valence-corrected chi connectivity index (χ1v) is 8.49. The van der Waals surface area contributed by atoms with Crippen LogP contribution in [0.1, 0.15) is 22.8 Å². The lowest BCUT2D eigenvalue weighted by atomic mass is 10.2. The van der Waals surface area contributed by atoms with Crippen molar-refractivity contribution < 1.29 is 23.5 Å². The fourth-order valence-corrected chi connectivity index (χ4v) is 2.35. The largest absolute Gasteiger partial charge is 0.483 e. The number of halogens is 1. The second-order valence-electron chi connectivity index (χ2n) is 5.76. The molecule has 0 saturated heterocycles. The number of rotatable bonds is 9. The molecule has 0 fully saturated rings. The van der Waals surface area contributed by atoms with Crippen molar-refractivity contribution in [2.24, 2.45) is 0 Å². The molecule has 0 aliphatic carbocycles. The van der Waals surface area contributed by atoms with Gasteiger partial charge in [0.25, 0.3) is 5.91 Å². The third-order valence-electron chi connectivity index (χ3n) is 3.87. The minimum Gasteiger partial charge on any atom is -0.483 e. The zero-order valence-corrected chi connectivity index (χ0v) is 15.0. The molecule has 0 spiro atoms. The van der Waals surface area contributed by atoms with Crippen LogP contribution in [0.4, 0.5) is 4.39 Å². The fraction of sp³-hybridized carbons (Fsp3) is 0.250. The van der Waals surface area contributed by atoms with Gasteiger partial charge in [-0.2, -0.15) is 0 Å². The Labute approximate surface area is 156 Å².